The Morgan fingerprint density at radius 1 is 0.608 bits per heavy atom. The maximum absolute atomic E-state index is 14.9. The van der Waals surface area contributed by atoms with Gasteiger partial charge in [0.25, 0.3) is 0 Å². The average Bonchev–Trinajstić information content (AvgIpc) is 3.22. The van der Waals surface area contributed by atoms with E-state index < -0.39 is 89.8 Å². The number of carbonyl (C=O) groups excluding carboxylic acids is 2. The lowest BCUT2D eigenvalue weighted by molar-refractivity contribution is 0.0516. The number of carbonyl (C=O) groups is 2. The Morgan fingerprint density at radius 2 is 0.919 bits per heavy atom. The molecule has 0 amide bonds. The maximum atomic E-state index is 14.9. The minimum Gasteiger partial charge on any atom is -0.462 e. The number of hydrogen-bond donors (Lipinski definition) is 4. The largest absolute Gasteiger partial charge is 0.462 e. The second kappa shape index (κ2) is 34.0. The van der Waals surface area contributed by atoms with E-state index in [1.807, 2.05) is 41.5 Å². The third-order valence-corrected chi connectivity index (χ3v) is 24.5. The summed E-state index contributed by atoms with van der Waals surface area (Å²) < 4.78 is 96.2. The van der Waals surface area contributed by atoms with Gasteiger partial charge in [0.15, 0.2) is 16.6 Å². The molecule has 0 saturated heterocycles. The van der Waals surface area contributed by atoms with Crippen LogP contribution in [0.25, 0.3) is 0 Å². The van der Waals surface area contributed by atoms with Crippen LogP contribution in [0.3, 0.4) is 0 Å². The number of ether oxygens (including phenoxy) is 2. The molecule has 0 aliphatic carbocycles. The highest BCUT2D eigenvalue weighted by molar-refractivity contribution is 9.10. The topological polar surface area (TPSA) is 176 Å². The Balaban J connectivity index is -0.000000501. The normalized spacial score (nSPS) is 13.9. The van der Waals surface area contributed by atoms with Crippen molar-refractivity contribution >= 4 is 120 Å². The summed E-state index contributed by atoms with van der Waals surface area (Å²) >= 11 is 3.28. The van der Waals surface area contributed by atoms with Gasteiger partial charge < -0.3 is 29.2 Å². The molecule has 24 heteroatoms. The molecule has 3 aromatic carbocycles. The smallest absolute Gasteiger partial charge is 0.338 e. The van der Waals surface area contributed by atoms with E-state index in [1.165, 1.54) is 30.3 Å². The third-order valence-electron chi connectivity index (χ3n) is 11.8. The molecule has 0 radical (unpaired) electrons. The molecule has 5 atom stereocenters. The third kappa shape index (κ3) is 25.7. The van der Waals surface area contributed by atoms with Gasteiger partial charge in [0, 0.05) is 21.2 Å². The molecular weight excluding hydrogens is 1170 g/mol. The van der Waals surface area contributed by atoms with Crippen LogP contribution < -0.4 is 15.2 Å². The van der Waals surface area contributed by atoms with Gasteiger partial charge >= 0.3 is 11.9 Å². The van der Waals surface area contributed by atoms with Gasteiger partial charge in [0.2, 0.25) is 0 Å². The van der Waals surface area contributed by atoms with Crippen LogP contribution in [0.5, 0.6) is 0 Å². The van der Waals surface area contributed by atoms with Crippen molar-refractivity contribution in [3.63, 3.8) is 0 Å². The van der Waals surface area contributed by atoms with Crippen LogP contribution in [-0.4, -0.2) is 84.6 Å². The van der Waals surface area contributed by atoms with Crippen molar-refractivity contribution in [1.82, 2.24) is 9.44 Å². The van der Waals surface area contributed by atoms with Crippen molar-refractivity contribution in [3.8, 4) is 0 Å². The fraction of sp³-hybridized carbons (Fsp3) is 0.600. The second-order valence-corrected chi connectivity index (χ2v) is 36.1. The molecule has 0 aliphatic heterocycles. The van der Waals surface area contributed by atoms with E-state index in [2.05, 4.69) is 93.1 Å². The zero-order chi connectivity index (χ0) is 54.4. The zero-order valence-electron chi connectivity index (χ0n) is 46.6. The number of benzene rings is 3. The number of halogens is 4. The lowest BCUT2D eigenvalue weighted by atomic mass is 10.1. The molecular formula is C50H89BrF3N3O9S6Si2. The highest BCUT2D eigenvalue weighted by Crippen LogP contribution is 2.39. The van der Waals surface area contributed by atoms with E-state index in [4.69, 9.17) is 29.2 Å². The van der Waals surface area contributed by atoms with Gasteiger partial charge in [0.1, 0.15) is 17.5 Å². The molecule has 430 valence electrons. The Hall–Kier alpha value is -1.24. The summed E-state index contributed by atoms with van der Waals surface area (Å²) in [5, 5.41) is 8.84. The number of esters is 2. The van der Waals surface area contributed by atoms with E-state index in [9.17, 15) is 31.2 Å². The Morgan fingerprint density at radius 3 is 1.19 bits per heavy atom. The predicted octanol–water partition coefficient (Wildman–Crippen LogP) is 12.3. The highest BCUT2D eigenvalue weighted by atomic mass is 79.9. The summed E-state index contributed by atoms with van der Waals surface area (Å²) in [6.45, 7) is 36.6. The van der Waals surface area contributed by atoms with Crippen LogP contribution in [0.1, 0.15) is 152 Å². The van der Waals surface area contributed by atoms with Crippen molar-refractivity contribution < 1.29 is 54.6 Å². The summed E-state index contributed by atoms with van der Waals surface area (Å²) in [5.74, 6) is -2.66. The van der Waals surface area contributed by atoms with Crippen LogP contribution in [0.2, 0.25) is 36.3 Å². The second-order valence-electron chi connectivity index (χ2n) is 21.6. The molecule has 3 aromatic rings. The SMILES string of the molecule is CC(C)(C)[S@](=O)N[C@H](CO[Si](C)(C)C(C)(C)C)c1ccc(Br)cc1F.CCOC(=O)c1ccc([C@@H](CO[Si](C)(C)C(C)(C)C)N[S@@](=O)C(C)(C)C)c(F)c1.CCOC(=O)c1ccc([C@H](N)CO)c(F)c1.S.S.S.S. The summed E-state index contributed by atoms with van der Waals surface area (Å²) in [6, 6.07) is 11.2. The van der Waals surface area contributed by atoms with Crippen LogP contribution in [0.4, 0.5) is 13.2 Å². The number of aliphatic hydroxyl groups is 1. The molecule has 74 heavy (non-hydrogen) atoms. The predicted molar refractivity (Wildman–Crippen MR) is 328 cm³/mol. The van der Waals surface area contributed by atoms with Crippen LogP contribution in [0, 0.1) is 17.5 Å². The standard InChI is InChI=1S/C21H36FNO4SSi.C18H31BrFNO2SSi.C11H14FNO3.4H2S/c1-10-26-19(24)15-11-12-16(17(22)13-15)18(23-28(25)20(2,3)4)14-27-29(8,9)21(5,6)7;1-17(2,3)24(22)21-16(12-23-25(7,8)18(4,5)6)14-10-9-13(19)11-15(14)20;1-2-16-11(15)7-3-4-8(9(12)5-7)10(13)6-14;;;;/h11-13,18,23H,10,14H2,1-9H3;9-11,16,21H,12H2,1-8H3;3-5,10,14H,2,6,13H2,1H3;4*1H2/t18-,28+;16-,24+;10-;;;;/m111..../s1. The fourth-order valence-corrected chi connectivity index (χ4v) is 9.19. The molecule has 0 bridgehead atoms. The maximum Gasteiger partial charge on any atom is 0.338 e. The van der Waals surface area contributed by atoms with Crippen LogP contribution in [-0.2, 0) is 40.3 Å². The van der Waals surface area contributed by atoms with Gasteiger partial charge in [-0.2, -0.15) is 54.0 Å². The first kappa shape index (κ1) is 79.3. The minimum atomic E-state index is -2.09. The van der Waals surface area contributed by atoms with E-state index >= 15 is 0 Å². The fourth-order valence-electron chi connectivity index (χ4n) is 5.21. The lowest BCUT2D eigenvalue weighted by Crippen LogP contribution is -2.44. The Labute approximate surface area is 484 Å². The Bertz CT molecular complexity index is 2250. The number of rotatable bonds is 18. The van der Waals surface area contributed by atoms with E-state index in [0.29, 0.717) is 15.6 Å². The Kier molecular flexibility index (Phi) is 36.4. The first-order chi connectivity index (χ1) is 31.8. The van der Waals surface area contributed by atoms with Crippen molar-refractivity contribution in [2.75, 3.05) is 33.0 Å². The lowest BCUT2D eigenvalue weighted by Gasteiger charge is -2.37. The van der Waals surface area contributed by atoms with Crippen molar-refractivity contribution in [1.29, 1.82) is 0 Å². The van der Waals surface area contributed by atoms with Crippen molar-refractivity contribution in [2.24, 2.45) is 5.73 Å². The summed E-state index contributed by atoms with van der Waals surface area (Å²) in [5.41, 5.74) is 6.72. The minimum absolute atomic E-state index is 0. The molecule has 12 nitrogen and oxygen atoms in total. The zero-order valence-corrected chi connectivity index (χ0v) is 55.8. The highest BCUT2D eigenvalue weighted by Gasteiger charge is 2.40. The molecule has 0 aromatic heterocycles. The molecule has 0 heterocycles. The van der Waals surface area contributed by atoms with Gasteiger partial charge in [0.05, 0.1) is 93.8 Å². The number of hydrogen-bond acceptors (Lipinski definition) is 10. The van der Waals surface area contributed by atoms with E-state index in [1.54, 1.807) is 26.0 Å². The van der Waals surface area contributed by atoms with Crippen LogP contribution in [0.15, 0.2) is 59.1 Å². The van der Waals surface area contributed by atoms with Gasteiger partial charge in [-0.15, -0.1) is 0 Å². The first-order valence-corrected chi connectivity index (χ1v) is 32.1. The van der Waals surface area contributed by atoms with E-state index in [-0.39, 0.29) is 120 Å². The molecule has 0 fully saturated rings. The number of aliphatic hydroxyl groups excluding tert-OH is 1. The van der Waals surface area contributed by atoms with Gasteiger partial charge in [-0.05, 0) is 128 Å². The molecule has 0 aliphatic rings. The summed E-state index contributed by atoms with van der Waals surface area (Å²) in [7, 11) is -6.83. The molecule has 3 rings (SSSR count). The quantitative estimate of drug-likeness (QED) is 0.0708. The van der Waals surface area contributed by atoms with E-state index in [0.717, 1.165) is 12.1 Å². The van der Waals surface area contributed by atoms with Gasteiger partial charge in [-0.3, -0.25) is 0 Å². The molecule has 0 spiro atoms. The molecule has 5 N–H and O–H groups in total. The van der Waals surface area contributed by atoms with Crippen molar-refractivity contribution in [3.05, 3.63) is 104 Å². The number of nitrogens with two attached hydrogens (primary N) is 1. The van der Waals surface area contributed by atoms with Gasteiger partial charge in [-0.1, -0.05) is 75.7 Å². The monoisotopic (exact) mass is 1260 g/mol. The molecule has 0 saturated carbocycles. The van der Waals surface area contributed by atoms with Gasteiger partial charge in [-0.25, -0.2) is 40.6 Å². The summed E-state index contributed by atoms with van der Waals surface area (Å²) in [6.07, 6.45) is 0. The number of nitrogens with one attached hydrogen (secondary N) is 2. The molecule has 0 unspecified atom stereocenters. The van der Waals surface area contributed by atoms with Crippen molar-refractivity contribution in [2.45, 2.75) is 161 Å². The summed E-state index contributed by atoms with van der Waals surface area (Å²) in [4.78, 5) is 23.2. The average molecular weight is 1260 g/mol. The first-order valence-electron chi connectivity index (χ1n) is 23.2. The van der Waals surface area contributed by atoms with Crippen LogP contribution >= 0.6 is 69.9 Å².